The molecule has 0 unspecified atom stereocenters. The van der Waals surface area contributed by atoms with Crippen LogP contribution in [0.5, 0.6) is 5.75 Å². The van der Waals surface area contributed by atoms with Crippen LogP contribution >= 0.6 is 11.8 Å². The van der Waals surface area contributed by atoms with Crippen molar-refractivity contribution in [3.05, 3.63) is 59.5 Å². The molecule has 0 aliphatic carbocycles. The maximum atomic E-state index is 16.0. The summed E-state index contributed by atoms with van der Waals surface area (Å²) < 4.78 is 61.5. The van der Waals surface area contributed by atoms with Crippen LogP contribution in [0.4, 0.5) is 23.2 Å². The van der Waals surface area contributed by atoms with Crippen LogP contribution in [0, 0.1) is 22.9 Å². The minimum atomic E-state index is -1.46. The molecule has 0 amide bonds. The fraction of sp³-hybridized carbons (Fsp3) is 0.483. The zero-order valence-electron chi connectivity index (χ0n) is 22.5. The molecule has 0 saturated carbocycles. The van der Waals surface area contributed by atoms with Crippen molar-refractivity contribution in [3.63, 3.8) is 0 Å². The zero-order chi connectivity index (χ0) is 28.2. The van der Waals surface area contributed by atoms with Crippen LogP contribution in [0.25, 0.3) is 10.9 Å². The number of hydrogen-bond acceptors (Lipinski definition) is 6. The lowest BCUT2D eigenvalue weighted by Crippen LogP contribution is -2.42. The summed E-state index contributed by atoms with van der Waals surface area (Å²) in [7, 11) is 5.31. The molecule has 39 heavy (non-hydrogen) atoms. The van der Waals surface area contributed by atoms with Gasteiger partial charge in [-0.2, -0.15) is 0 Å². The first kappa shape index (κ1) is 29.4. The van der Waals surface area contributed by atoms with Crippen LogP contribution in [0.1, 0.15) is 37.4 Å². The first-order chi connectivity index (χ1) is 18.7. The van der Waals surface area contributed by atoms with E-state index >= 15 is 4.39 Å². The van der Waals surface area contributed by atoms with Crippen LogP contribution in [0.2, 0.25) is 0 Å². The van der Waals surface area contributed by atoms with E-state index in [2.05, 4.69) is 9.88 Å². The monoisotopic (exact) mass is 565 g/mol. The van der Waals surface area contributed by atoms with Gasteiger partial charge in [0.25, 0.3) is 0 Å². The van der Waals surface area contributed by atoms with Crippen molar-refractivity contribution in [2.24, 2.45) is 5.41 Å². The number of piperidine rings is 1. The molecule has 2 heterocycles. The molecule has 1 atom stereocenters. The average molecular weight is 566 g/mol. The zero-order valence-corrected chi connectivity index (χ0v) is 23.3. The van der Waals surface area contributed by atoms with Gasteiger partial charge in [0.15, 0.2) is 17.5 Å². The lowest BCUT2D eigenvalue weighted by Gasteiger charge is -2.41. The lowest BCUT2D eigenvalue weighted by molar-refractivity contribution is 0.0323. The summed E-state index contributed by atoms with van der Waals surface area (Å²) in [6.07, 6.45) is 2.73. The molecule has 3 aromatic rings. The predicted octanol–water partition coefficient (Wildman–Crippen LogP) is 6.38. The van der Waals surface area contributed by atoms with Crippen molar-refractivity contribution in [2.45, 2.75) is 36.8 Å². The first-order valence-electron chi connectivity index (χ1n) is 13.0. The molecule has 1 aliphatic rings. The standard InChI is InChI=1S/C29H35F4N3O2S/c1-35(2)26-17-34-25-5-4-19(38-3)14-21(25)27(26)22(30)6-7-29(18-37)8-10-36(11-9-29)12-13-39-20-15-23(31)28(33)24(32)16-20/h4-5,14-17,22,37H,6-13,18H2,1-3H3/t22-/m0/s1. The number of hydrogen-bond donors (Lipinski definition) is 1. The van der Waals surface area contributed by atoms with Gasteiger partial charge in [-0.05, 0) is 74.5 Å². The Balaban J connectivity index is 1.37. The van der Waals surface area contributed by atoms with Gasteiger partial charge in [0.2, 0.25) is 0 Å². The molecule has 1 aliphatic heterocycles. The van der Waals surface area contributed by atoms with E-state index < -0.39 is 23.6 Å². The lowest BCUT2D eigenvalue weighted by atomic mass is 9.74. The number of likely N-dealkylation sites (tertiary alicyclic amines) is 1. The minimum Gasteiger partial charge on any atom is -0.497 e. The number of aromatic nitrogens is 1. The normalized spacial score (nSPS) is 16.4. The quantitative estimate of drug-likeness (QED) is 0.165. The smallest absolute Gasteiger partial charge is 0.194 e. The molecule has 212 valence electrons. The molecule has 0 radical (unpaired) electrons. The third-order valence-electron chi connectivity index (χ3n) is 7.70. The third kappa shape index (κ3) is 6.78. The number of ether oxygens (including phenoxy) is 1. The van der Waals surface area contributed by atoms with Gasteiger partial charge in [0.05, 0.1) is 24.5 Å². The molecule has 0 bridgehead atoms. The van der Waals surface area contributed by atoms with Gasteiger partial charge >= 0.3 is 0 Å². The highest BCUT2D eigenvalue weighted by molar-refractivity contribution is 7.99. The molecular formula is C29H35F4N3O2S. The Hall–Kier alpha value is -2.56. The summed E-state index contributed by atoms with van der Waals surface area (Å²) in [5, 5.41) is 11.0. The number of aliphatic hydroxyl groups excluding tert-OH is 1. The number of nitrogens with zero attached hydrogens (tertiary/aromatic N) is 3. The van der Waals surface area contributed by atoms with Gasteiger partial charge in [-0.25, -0.2) is 17.6 Å². The number of aliphatic hydroxyl groups is 1. The van der Waals surface area contributed by atoms with E-state index in [4.69, 9.17) is 4.74 Å². The third-order valence-corrected chi connectivity index (χ3v) is 8.66. The van der Waals surface area contributed by atoms with Gasteiger partial charge in [0.1, 0.15) is 11.9 Å². The van der Waals surface area contributed by atoms with Crippen molar-refractivity contribution in [2.75, 3.05) is 58.1 Å². The second kappa shape index (κ2) is 12.7. The van der Waals surface area contributed by atoms with Gasteiger partial charge in [-0.15, -0.1) is 11.8 Å². The average Bonchev–Trinajstić information content (AvgIpc) is 2.94. The Labute approximate surface area is 231 Å². The second-order valence-electron chi connectivity index (χ2n) is 10.4. The Kier molecular flexibility index (Phi) is 9.61. The van der Waals surface area contributed by atoms with Crippen molar-refractivity contribution in [1.82, 2.24) is 9.88 Å². The Morgan fingerprint density at radius 3 is 2.44 bits per heavy atom. The number of halogens is 4. The fourth-order valence-electron chi connectivity index (χ4n) is 5.22. The molecule has 2 aromatic carbocycles. The summed E-state index contributed by atoms with van der Waals surface area (Å²) in [6, 6.07) is 7.48. The highest BCUT2D eigenvalue weighted by Crippen LogP contribution is 2.42. The summed E-state index contributed by atoms with van der Waals surface area (Å²) in [5.74, 6) is -2.60. The number of fused-ring (bicyclic) bond motifs is 1. The largest absolute Gasteiger partial charge is 0.497 e. The van der Waals surface area contributed by atoms with E-state index in [0.717, 1.165) is 49.1 Å². The summed E-state index contributed by atoms with van der Waals surface area (Å²) in [4.78, 5) is 8.94. The topological polar surface area (TPSA) is 48.8 Å². The van der Waals surface area contributed by atoms with Gasteiger partial charge < -0.3 is 19.6 Å². The number of methoxy groups -OCH3 is 1. The van der Waals surface area contributed by atoms with Crippen LogP contribution in [-0.4, -0.2) is 68.2 Å². The molecule has 10 heteroatoms. The minimum absolute atomic E-state index is 0.0120. The van der Waals surface area contributed by atoms with Crippen LogP contribution < -0.4 is 9.64 Å². The second-order valence-corrected chi connectivity index (χ2v) is 11.6. The molecule has 1 N–H and O–H groups in total. The Morgan fingerprint density at radius 1 is 1.13 bits per heavy atom. The van der Waals surface area contributed by atoms with Crippen LogP contribution in [0.15, 0.2) is 41.4 Å². The molecule has 4 rings (SSSR count). The van der Waals surface area contributed by atoms with E-state index in [1.807, 2.05) is 37.2 Å². The van der Waals surface area contributed by atoms with Crippen molar-refractivity contribution in [3.8, 4) is 5.75 Å². The summed E-state index contributed by atoms with van der Waals surface area (Å²) in [6.45, 7) is 2.16. The SMILES string of the molecule is COc1ccc2ncc(N(C)C)c([C@@H](F)CCC3(CO)CCN(CCSc4cc(F)c(F)c(F)c4)CC3)c2c1. The highest BCUT2D eigenvalue weighted by atomic mass is 32.2. The Bertz CT molecular complexity index is 1260. The number of anilines is 1. The van der Waals surface area contributed by atoms with Crippen molar-refractivity contribution >= 4 is 28.4 Å². The highest BCUT2D eigenvalue weighted by Gasteiger charge is 2.35. The van der Waals surface area contributed by atoms with Gasteiger partial charge in [-0.3, -0.25) is 4.98 Å². The summed E-state index contributed by atoms with van der Waals surface area (Å²) in [5.41, 5.74) is 1.64. The number of alkyl halides is 1. The van der Waals surface area contributed by atoms with E-state index in [1.165, 1.54) is 11.8 Å². The molecule has 1 fully saturated rings. The van der Waals surface area contributed by atoms with Crippen molar-refractivity contribution < 1.29 is 27.4 Å². The maximum Gasteiger partial charge on any atom is 0.194 e. The number of rotatable bonds is 11. The van der Waals surface area contributed by atoms with Crippen LogP contribution in [-0.2, 0) is 0 Å². The van der Waals surface area contributed by atoms with Crippen molar-refractivity contribution in [1.29, 1.82) is 0 Å². The van der Waals surface area contributed by atoms with E-state index in [9.17, 15) is 18.3 Å². The number of thioether (sulfide) groups is 1. The summed E-state index contributed by atoms with van der Waals surface area (Å²) >= 11 is 1.27. The Morgan fingerprint density at radius 2 is 1.82 bits per heavy atom. The molecule has 1 aromatic heterocycles. The fourth-order valence-corrected chi connectivity index (χ4v) is 6.18. The molecular weight excluding hydrogens is 530 g/mol. The van der Waals surface area contributed by atoms with E-state index in [1.54, 1.807) is 13.3 Å². The molecule has 5 nitrogen and oxygen atoms in total. The van der Waals surface area contributed by atoms with Gasteiger partial charge in [-0.1, -0.05) is 0 Å². The maximum absolute atomic E-state index is 16.0. The van der Waals surface area contributed by atoms with Gasteiger partial charge in [0, 0.05) is 48.8 Å². The molecule has 1 saturated heterocycles. The van der Waals surface area contributed by atoms with E-state index in [-0.39, 0.29) is 18.4 Å². The number of pyridine rings is 1. The van der Waals surface area contributed by atoms with E-state index in [0.29, 0.717) is 40.4 Å². The molecule has 0 spiro atoms. The predicted molar refractivity (Wildman–Crippen MR) is 148 cm³/mol. The first-order valence-corrected chi connectivity index (χ1v) is 14.0. The van der Waals surface area contributed by atoms with Crippen LogP contribution in [0.3, 0.4) is 0 Å². The number of benzene rings is 2.